The monoisotopic (exact) mass is 473 g/mol. The van der Waals surface area contributed by atoms with E-state index in [1.54, 1.807) is 16.2 Å². The standard InChI is InChI=1S/C27H27N3O3S/c31-24(29(18-21-10-5-2-6-11-21)16-13-20-8-3-1-4-9-20)19-30-25(32)27(28-26(30)33)15-7-12-23-22(27)14-17-34-23/h1-6,8-11,14,17H,7,12-13,15-16,18-19H2,(H,28,33). The van der Waals surface area contributed by atoms with Crippen LogP contribution in [0, 0.1) is 0 Å². The van der Waals surface area contributed by atoms with E-state index in [0.29, 0.717) is 25.9 Å². The molecule has 2 aliphatic rings. The molecule has 5 rings (SSSR count). The van der Waals surface area contributed by atoms with Gasteiger partial charge in [0.2, 0.25) is 5.91 Å². The Bertz CT molecular complexity index is 1190. The molecule has 1 saturated heterocycles. The van der Waals surface area contributed by atoms with Crippen molar-refractivity contribution in [3.63, 3.8) is 0 Å². The van der Waals surface area contributed by atoms with Gasteiger partial charge in [-0.2, -0.15) is 0 Å². The molecule has 7 heteroatoms. The summed E-state index contributed by atoms with van der Waals surface area (Å²) in [6, 6.07) is 21.2. The number of urea groups is 1. The van der Waals surface area contributed by atoms with Crippen molar-refractivity contribution in [1.29, 1.82) is 0 Å². The topological polar surface area (TPSA) is 69.7 Å². The zero-order valence-electron chi connectivity index (χ0n) is 18.9. The first kappa shape index (κ1) is 22.3. The van der Waals surface area contributed by atoms with Crippen LogP contribution in [0.4, 0.5) is 4.79 Å². The number of thiophene rings is 1. The van der Waals surface area contributed by atoms with Gasteiger partial charge in [0, 0.05) is 23.5 Å². The molecular weight excluding hydrogens is 446 g/mol. The molecule has 1 N–H and O–H groups in total. The van der Waals surface area contributed by atoms with Gasteiger partial charge in [-0.25, -0.2) is 4.79 Å². The number of hydrogen-bond donors (Lipinski definition) is 1. The van der Waals surface area contributed by atoms with E-state index in [2.05, 4.69) is 5.32 Å². The summed E-state index contributed by atoms with van der Waals surface area (Å²) < 4.78 is 0. The lowest BCUT2D eigenvalue weighted by molar-refractivity contribution is -0.139. The number of hydrogen-bond acceptors (Lipinski definition) is 4. The van der Waals surface area contributed by atoms with Crippen molar-refractivity contribution in [3.8, 4) is 0 Å². The summed E-state index contributed by atoms with van der Waals surface area (Å²) in [5.74, 6) is -0.547. The Kier molecular flexibility index (Phi) is 6.20. The number of nitrogens with zero attached hydrogens (tertiary/aromatic N) is 2. The molecule has 1 aliphatic carbocycles. The minimum atomic E-state index is -1.03. The van der Waals surface area contributed by atoms with E-state index in [-0.39, 0.29) is 18.4 Å². The molecular formula is C27H27N3O3S. The minimum absolute atomic E-state index is 0.235. The molecule has 3 aromatic rings. The number of carbonyl (C=O) groups is 3. The molecule has 6 nitrogen and oxygen atoms in total. The summed E-state index contributed by atoms with van der Waals surface area (Å²) in [6.07, 6.45) is 3.01. The predicted molar refractivity (Wildman–Crippen MR) is 131 cm³/mol. The Morgan fingerprint density at radius 3 is 2.44 bits per heavy atom. The highest BCUT2D eigenvalue weighted by molar-refractivity contribution is 7.10. The van der Waals surface area contributed by atoms with Gasteiger partial charge >= 0.3 is 6.03 Å². The van der Waals surface area contributed by atoms with Crippen LogP contribution in [0.3, 0.4) is 0 Å². The first-order valence-electron chi connectivity index (χ1n) is 11.6. The normalized spacial score (nSPS) is 19.2. The van der Waals surface area contributed by atoms with E-state index >= 15 is 0 Å². The Balaban J connectivity index is 1.34. The van der Waals surface area contributed by atoms with Crippen molar-refractivity contribution < 1.29 is 14.4 Å². The molecule has 1 aromatic heterocycles. The highest BCUT2D eigenvalue weighted by Crippen LogP contribution is 2.42. The quantitative estimate of drug-likeness (QED) is 0.525. The molecule has 174 valence electrons. The number of benzene rings is 2. The Morgan fingerprint density at radius 2 is 1.71 bits per heavy atom. The molecule has 0 radical (unpaired) electrons. The average Bonchev–Trinajstić information content (AvgIpc) is 3.43. The average molecular weight is 474 g/mol. The third-order valence-corrected chi connectivity index (χ3v) is 7.69. The third-order valence-electron chi connectivity index (χ3n) is 6.71. The fraction of sp³-hybridized carbons (Fsp3) is 0.296. The number of carbonyl (C=O) groups excluding carboxylic acids is 3. The van der Waals surface area contributed by atoms with Gasteiger partial charge in [-0.1, -0.05) is 60.7 Å². The predicted octanol–water partition coefficient (Wildman–Crippen LogP) is 4.10. The van der Waals surface area contributed by atoms with Gasteiger partial charge in [-0.3, -0.25) is 14.5 Å². The SMILES string of the molecule is O=C(CN1C(=O)NC2(CCCc3sccc32)C1=O)N(CCc1ccccc1)Cc1ccccc1. The second-order valence-electron chi connectivity index (χ2n) is 8.87. The van der Waals surface area contributed by atoms with Crippen LogP contribution in [-0.2, 0) is 34.5 Å². The zero-order chi connectivity index (χ0) is 23.5. The maximum Gasteiger partial charge on any atom is 0.325 e. The summed E-state index contributed by atoms with van der Waals surface area (Å²) in [6.45, 7) is 0.671. The van der Waals surface area contributed by atoms with Gasteiger partial charge in [0.1, 0.15) is 12.1 Å². The highest BCUT2D eigenvalue weighted by atomic mass is 32.1. The summed E-state index contributed by atoms with van der Waals surface area (Å²) >= 11 is 1.62. The summed E-state index contributed by atoms with van der Waals surface area (Å²) in [7, 11) is 0. The second kappa shape index (κ2) is 9.43. The Hall–Kier alpha value is -3.45. The van der Waals surface area contributed by atoms with Crippen LogP contribution in [0.1, 0.15) is 34.4 Å². The molecule has 1 spiro atoms. The van der Waals surface area contributed by atoms with E-state index in [9.17, 15) is 14.4 Å². The molecule has 1 unspecified atom stereocenters. The van der Waals surface area contributed by atoms with E-state index < -0.39 is 11.6 Å². The lowest BCUT2D eigenvalue weighted by Crippen LogP contribution is -2.47. The van der Waals surface area contributed by atoms with Crippen molar-refractivity contribution in [2.45, 2.75) is 37.8 Å². The fourth-order valence-corrected chi connectivity index (χ4v) is 5.92. The summed E-state index contributed by atoms with van der Waals surface area (Å²) in [5.41, 5.74) is 2.00. The highest BCUT2D eigenvalue weighted by Gasteiger charge is 2.54. The van der Waals surface area contributed by atoms with E-state index in [1.165, 1.54) is 0 Å². The molecule has 34 heavy (non-hydrogen) atoms. The van der Waals surface area contributed by atoms with Crippen molar-refractivity contribution in [1.82, 2.24) is 15.1 Å². The Labute approximate surface area is 203 Å². The lowest BCUT2D eigenvalue weighted by Gasteiger charge is -2.31. The summed E-state index contributed by atoms with van der Waals surface area (Å²) in [4.78, 5) is 43.9. The minimum Gasteiger partial charge on any atom is -0.336 e. The van der Waals surface area contributed by atoms with Crippen molar-refractivity contribution in [2.24, 2.45) is 0 Å². The largest absolute Gasteiger partial charge is 0.336 e. The van der Waals surface area contributed by atoms with Crippen molar-refractivity contribution in [3.05, 3.63) is 93.7 Å². The molecule has 1 atom stereocenters. The van der Waals surface area contributed by atoms with Crippen LogP contribution >= 0.6 is 11.3 Å². The van der Waals surface area contributed by atoms with Gasteiger partial charge in [0.05, 0.1) is 0 Å². The third kappa shape index (κ3) is 4.23. The van der Waals surface area contributed by atoms with Gasteiger partial charge in [-0.15, -0.1) is 11.3 Å². The number of aryl methyl sites for hydroxylation is 1. The van der Waals surface area contributed by atoms with Gasteiger partial charge < -0.3 is 10.2 Å². The maximum absolute atomic E-state index is 13.5. The molecule has 2 heterocycles. The number of fused-ring (bicyclic) bond motifs is 2. The first-order valence-corrected chi connectivity index (χ1v) is 12.5. The maximum atomic E-state index is 13.5. The van der Waals surface area contributed by atoms with E-state index in [4.69, 9.17) is 0 Å². The number of rotatable bonds is 7. The molecule has 1 fully saturated rings. The van der Waals surface area contributed by atoms with E-state index in [0.717, 1.165) is 39.3 Å². The molecule has 0 bridgehead atoms. The molecule has 4 amide bonds. The molecule has 2 aromatic carbocycles. The second-order valence-corrected chi connectivity index (χ2v) is 9.87. The van der Waals surface area contributed by atoms with Crippen molar-refractivity contribution >= 4 is 29.2 Å². The Morgan fingerprint density at radius 1 is 1.00 bits per heavy atom. The smallest absolute Gasteiger partial charge is 0.325 e. The number of imide groups is 1. The zero-order valence-corrected chi connectivity index (χ0v) is 19.7. The van der Waals surface area contributed by atoms with Crippen LogP contribution in [0.2, 0.25) is 0 Å². The van der Waals surface area contributed by atoms with Gasteiger partial charge in [0.25, 0.3) is 5.91 Å². The van der Waals surface area contributed by atoms with Crippen molar-refractivity contribution in [2.75, 3.05) is 13.1 Å². The number of amides is 4. The van der Waals surface area contributed by atoms with Gasteiger partial charge in [-0.05, 0) is 48.3 Å². The molecule has 0 saturated carbocycles. The fourth-order valence-electron chi connectivity index (χ4n) is 4.92. The van der Waals surface area contributed by atoms with Gasteiger partial charge in [0.15, 0.2) is 0 Å². The van der Waals surface area contributed by atoms with Crippen LogP contribution < -0.4 is 5.32 Å². The number of nitrogens with one attached hydrogen (secondary N) is 1. The van der Waals surface area contributed by atoms with Crippen LogP contribution in [0.25, 0.3) is 0 Å². The first-order chi connectivity index (χ1) is 16.6. The lowest BCUT2D eigenvalue weighted by atomic mass is 9.80. The van der Waals surface area contributed by atoms with Crippen LogP contribution in [0.15, 0.2) is 72.1 Å². The van der Waals surface area contributed by atoms with E-state index in [1.807, 2.05) is 72.1 Å². The summed E-state index contributed by atoms with van der Waals surface area (Å²) in [5, 5.41) is 4.91. The molecule has 1 aliphatic heterocycles. The van der Waals surface area contributed by atoms with Crippen LogP contribution in [0.5, 0.6) is 0 Å². The van der Waals surface area contributed by atoms with Crippen LogP contribution in [-0.4, -0.2) is 40.7 Å².